The highest BCUT2D eigenvalue weighted by atomic mass is 16.5. The molecule has 0 fully saturated rings. The van der Waals surface area contributed by atoms with E-state index in [1.54, 1.807) is 12.3 Å². The zero-order valence-electron chi connectivity index (χ0n) is 17.4. The number of hydrazone groups is 1. The summed E-state index contributed by atoms with van der Waals surface area (Å²) in [6.07, 6.45) is 3.62. The maximum Gasteiger partial charge on any atom is 0.259 e. The third kappa shape index (κ3) is 5.26. The summed E-state index contributed by atoms with van der Waals surface area (Å²) in [5.41, 5.74) is 5.40. The first-order valence-corrected chi connectivity index (χ1v) is 9.82. The molecule has 0 aliphatic rings. The van der Waals surface area contributed by atoms with E-state index in [2.05, 4.69) is 40.3 Å². The van der Waals surface area contributed by atoms with E-state index >= 15 is 0 Å². The molecular weight excluding hydrogens is 380 g/mol. The van der Waals surface area contributed by atoms with E-state index in [0.29, 0.717) is 11.8 Å². The lowest BCUT2D eigenvalue weighted by Gasteiger charge is -2.08. The van der Waals surface area contributed by atoms with Gasteiger partial charge in [0.1, 0.15) is 5.75 Å². The second kappa shape index (κ2) is 9.73. The molecule has 3 aromatic rings. The number of aromatic nitrogens is 1. The molecule has 3 rings (SSSR count). The Hall–Kier alpha value is -3.61. The molecule has 7 nitrogen and oxygen atoms in total. The predicted octanol–water partition coefficient (Wildman–Crippen LogP) is 3.18. The molecule has 0 saturated heterocycles. The van der Waals surface area contributed by atoms with E-state index in [4.69, 9.17) is 4.74 Å². The van der Waals surface area contributed by atoms with Crippen molar-refractivity contribution in [1.29, 1.82) is 0 Å². The fraction of sp³-hybridized carbons (Fsp3) is 0.261. The van der Waals surface area contributed by atoms with Gasteiger partial charge in [-0.05, 0) is 38.5 Å². The van der Waals surface area contributed by atoms with Crippen LogP contribution >= 0.6 is 0 Å². The van der Waals surface area contributed by atoms with Gasteiger partial charge in [0.2, 0.25) is 0 Å². The summed E-state index contributed by atoms with van der Waals surface area (Å²) in [7, 11) is 0. The number of aryl methyl sites for hydroxylation is 1. The molecule has 0 saturated carbocycles. The van der Waals surface area contributed by atoms with E-state index in [0.717, 1.165) is 22.0 Å². The highest BCUT2D eigenvalue weighted by molar-refractivity contribution is 5.99. The molecule has 2 N–H and O–H groups in total. The third-order valence-corrected chi connectivity index (χ3v) is 4.62. The number of hydrogen-bond acceptors (Lipinski definition) is 4. The second-order valence-electron chi connectivity index (χ2n) is 7.23. The summed E-state index contributed by atoms with van der Waals surface area (Å²) in [5.74, 6) is -0.150. The Labute approximate surface area is 175 Å². The molecule has 0 unspecified atom stereocenters. The van der Waals surface area contributed by atoms with Gasteiger partial charge in [0.15, 0.2) is 6.61 Å². The molecule has 2 aromatic carbocycles. The van der Waals surface area contributed by atoms with Gasteiger partial charge in [-0.1, -0.05) is 36.4 Å². The number of carbonyl (C=O) groups excluding carboxylic acids is 2. The lowest BCUT2D eigenvalue weighted by Crippen LogP contribution is -2.37. The number of ether oxygens (including phenoxy) is 1. The molecule has 0 atom stereocenters. The van der Waals surface area contributed by atoms with Crippen LogP contribution in [0.25, 0.3) is 10.9 Å². The molecule has 0 aliphatic carbocycles. The van der Waals surface area contributed by atoms with Gasteiger partial charge in [-0.25, -0.2) is 5.43 Å². The van der Waals surface area contributed by atoms with Crippen LogP contribution in [-0.4, -0.2) is 35.7 Å². The van der Waals surface area contributed by atoms with Crippen LogP contribution < -0.4 is 15.5 Å². The van der Waals surface area contributed by atoms with Crippen LogP contribution in [0.2, 0.25) is 0 Å². The predicted molar refractivity (Wildman–Crippen MR) is 118 cm³/mol. The minimum atomic E-state index is -0.414. The van der Waals surface area contributed by atoms with Gasteiger partial charge in [0.25, 0.3) is 11.8 Å². The van der Waals surface area contributed by atoms with Crippen LogP contribution in [0.15, 0.2) is 59.8 Å². The number of benzene rings is 2. The van der Waals surface area contributed by atoms with Crippen LogP contribution in [0.5, 0.6) is 5.75 Å². The Morgan fingerprint density at radius 3 is 2.60 bits per heavy atom. The third-order valence-electron chi connectivity index (χ3n) is 4.62. The van der Waals surface area contributed by atoms with Gasteiger partial charge in [-0.3, -0.25) is 9.59 Å². The zero-order valence-corrected chi connectivity index (χ0v) is 17.4. The topological polar surface area (TPSA) is 84.7 Å². The molecule has 156 valence electrons. The van der Waals surface area contributed by atoms with Crippen molar-refractivity contribution in [2.45, 2.75) is 26.8 Å². The van der Waals surface area contributed by atoms with Crippen molar-refractivity contribution in [3.8, 4) is 5.75 Å². The molecular formula is C23H26N4O3. The van der Waals surface area contributed by atoms with Gasteiger partial charge < -0.3 is 14.6 Å². The Morgan fingerprint density at radius 1 is 1.10 bits per heavy atom. The smallest absolute Gasteiger partial charge is 0.259 e. The minimum absolute atomic E-state index is 0.157. The van der Waals surface area contributed by atoms with Gasteiger partial charge in [0.05, 0.1) is 12.8 Å². The molecule has 1 heterocycles. The number of nitrogens with one attached hydrogen (secondary N) is 2. The normalized spacial score (nSPS) is 11.2. The van der Waals surface area contributed by atoms with Gasteiger partial charge in [-0.15, -0.1) is 0 Å². The number of carbonyl (C=O) groups is 2. The zero-order chi connectivity index (χ0) is 21.5. The SMILES string of the molecule is Cc1ccccc1OCC(=O)NCC(=O)N/N=C\c1cn(C(C)C)c2ccccc12. The van der Waals surface area contributed by atoms with E-state index in [1.165, 1.54) is 0 Å². The highest BCUT2D eigenvalue weighted by Gasteiger charge is 2.09. The fourth-order valence-corrected chi connectivity index (χ4v) is 3.07. The van der Waals surface area contributed by atoms with Crippen molar-refractivity contribution in [2.75, 3.05) is 13.2 Å². The number of amides is 2. The number of rotatable bonds is 8. The van der Waals surface area contributed by atoms with Gasteiger partial charge >= 0.3 is 0 Å². The van der Waals surface area contributed by atoms with E-state index in [9.17, 15) is 9.59 Å². The van der Waals surface area contributed by atoms with Gasteiger partial charge in [-0.2, -0.15) is 5.10 Å². The van der Waals surface area contributed by atoms with E-state index in [1.807, 2.05) is 49.5 Å². The molecule has 0 bridgehead atoms. The Bertz CT molecular complexity index is 1070. The first-order chi connectivity index (χ1) is 14.5. The van der Waals surface area contributed by atoms with Crippen LogP contribution in [0, 0.1) is 6.92 Å². The van der Waals surface area contributed by atoms with Crippen molar-refractivity contribution in [3.63, 3.8) is 0 Å². The number of nitrogens with zero attached hydrogens (tertiary/aromatic N) is 2. The highest BCUT2D eigenvalue weighted by Crippen LogP contribution is 2.23. The Balaban J connectivity index is 1.49. The number of fused-ring (bicyclic) bond motifs is 1. The van der Waals surface area contributed by atoms with Crippen molar-refractivity contribution in [2.24, 2.45) is 5.10 Å². The van der Waals surface area contributed by atoms with Crippen LogP contribution in [0.4, 0.5) is 0 Å². The minimum Gasteiger partial charge on any atom is -0.484 e. The molecule has 0 spiro atoms. The summed E-state index contributed by atoms with van der Waals surface area (Å²) in [5, 5.41) is 7.60. The summed E-state index contributed by atoms with van der Waals surface area (Å²) >= 11 is 0. The molecule has 0 radical (unpaired) electrons. The molecule has 2 amide bonds. The lowest BCUT2D eigenvalue weighted by atomic mass is 10.2. The molecule has 30 heavy (non-hydrogen) atoms. The van der Waals surface area contributed by atoms with Crippen molar-refractivity contribution >= 4 is 28.9 Å². The first kappa shape index (κ1) is 21.1. The second-order valence-corrected chi connectivity index (χ2v) is 7.23. The van der Waals surface area contributed by atoms with E-state index < -0.39 is 5.91 Å². The largest absolute Gasteiger partial charge is 0.484 e. The Kier molecular flexibility index (Phi) is 6.85. The van der Waals surface area contributed by atoms with Crippen molar-refractivity contribution in [1.82, 2.24) is 15.3 Å². The quantitative estimate of drug-likeness (QED) is 0.445. The molecule has 1 aromatic heterocycles. The maximum atomic E-state index is 12.0. The molecule has 0 aliphatic heterocycles. The number of hydrogen-bond donors (Lipinski definition) is 2. The monoisotopic (exact) mass is 406 g/mol. The lowest BCUT2D eigenvalue weighted by molar-refractivity contribution is -0.127. The summed E-state index contributed by atoms with van der Waals surface area (Å²) < 4.78 is 7.62. The maximum absolute atomic E-state index is 12.0. The van der Waals surface area contributed by atoms with Crippen LogP contribution in [0.1, 0.15) is 31.0 Å². The Morgan fingerprint density at radius 2 is 1.83 bits per heavy atom. The van der Waals surface area contributed by atoms with E-state index in [-0.39, 0.29) is 19.1 Å². The van der Waals surface area contributed by atoms with Crippen molar-refractivity contribution in [3.05, 3.63) is 65.9 Å². The van der Waals surface area contributed by atoms with Gasteiger partial charge in [0, 0.05) is 28.7 Å². The van der Waals surface area contributed by atoms with Crippen LogP contribution in [-0.2, 0) is 9.59 Å². The van der Waals surface area contributed by atoms with Crippen LogP contribution in [0.3, 0.4) is 0 Å². The molecule has 7 heteroatoms. The number of para-hydroxylation sites is 2. The fourth-order valence-electron chi connectivity index (χ4n) is 3.07. The average molecular weight is 406 g/mol. The summed E-state index contributed by atoms with van der Waals surface area (Å²) in [4.78, 5) is 23.8. The average Bonchev–Trinajstić information content (AvgIpc) is 3.11. The summed E-state index contributed by atoms with van der Waals surface area (Å²) in [6.45, 7) is 5.79. The van der Waals surface area contributed by atoms with Crippen molar-refractivity contribution < 1.29 is 14.3 Å². The first-order valence-electron chi connectivity index (χ1n) is 9.82. The summed E-state index contributed by atoms with van der Waals surface area (Å²) in [6, 6.07) is 15.8. The standard InChI is InChI=1S/C23H26N4O3/c1-16(2)27-14-18(19-9-5-6-10-20(19)27)12-25-26-22(28)13-24-23(29)15-30-21-11-7-4-8-17(21)3/h4-12,14,16H,13,15H2,1-3H3,(H,24,29)(H,26,28)/b25-12-.